The van der Waals surface area contributed by atoms with Gasteiger partial charge in [0.2, 0.25) is 23.6 Å². The van der Waals surface area contributed by atoms with Gasteiger partial charge >= 0.3 is 12.1 Å². The number of Topliss-reactive ketones (excluding diaryl/α,β-unsaturated/α-hetero) is 2. The van der Waals surface area contributed by atoms with E-state index in [0.717, 1.165) is 72.5 Å². The van der Waals surface area contributed by atoms with E-state index >= 15 is 0 Å². The molecule has 2 aromatic rings. The summed E-state index contributed by atoms with van der Waals surface area (Å²) in [6.07, 6.45) is 12.1. The van der Waals surface area contributed by atoms with Crippen LogP contribution < -0.4 is 5.73 Å². The molecule has 692 valence electrons. The van der Waals surface area contributed by atoms with Crippen molar-refractivity contribution < 1.29 is 113 Å². The Morgan fingerprint density at radius 1 is 0.541 bits per heavy atom. The number of amides is 4. The molecule has 2 heterocycles. The topological polar surface area (TPSA) is 275 Å². The van der Waals surface area contributed by atoms with Gasteiger partial charge in [-0.2, -0.15) is 13.2 Å². The Bertz CT molecular complexity index is 3480. The summed E-state index contributed by atoms with van der Waals surface area (Å²) in [4.78, 5) is 97.9. The smallest absolute Gasteiger partial charge is 0.416 e. The van der Waals surface area contributed by atoms with Crippen molar-refractivity contribution in [3.8, 4) is 0 Å². The van der Waals surface area contributed by atoms with E-state index in [0.29, 0.717) is 219 Å². The molecule has 0 aromatic heterocycles. The molecule has 0 unspecified atom stereocenters. The number of primary amides is 1. The van der Waals surface area contributed by atoms with Crippen LogP contribution in [-0.4, -0.2) is 254 Å². The van der Waals surface area contributed by atoms with Gasteiger partial charge in [-0.25, -0.2) is 4.39 Å². The number of hydrogen-bond donors (Lipinski definition) is 1. The molecular formula is C94H148F4N4O20. The normalized spacial score (nSPS) is 23.9. The largest absolute Gasteiger partial charge is 0.462 e. The van der Waals surface area contributed by atoms with Crippen molar-refractivity contribution >= 4 is 41.2 Å². The molecule has 6 fully saturated rings. The highest BCUT2D eigenvalue weighted by Crippen LogP contribution is 2.68. The van der Waals surface area contributed by atoms with Gasteiger partial charge in [-0.1, -0.05) is 71.6 Å². The number of benzene rings is 2. The highest BCUT2D eigenvalue weighted by molar-refractivity contribution is 5.89. The Morgan fingerprint density at radius 2 is 1.07 bits per heavy atom. The number of carbonyl (C=O) groups excluding carboxylic acids is 7. The van der Waals surface area contributed by atoms with Gasteiger partial charge in [-0.3, -0.25) is 33.6 Å². The van der Waals surface area contributed by atoms with E-state index < -0.39 is 53.2 Å². The van der Waals surface area contributed by atoms with E-state index in [1.807, 2.05) is 0 Å². The molecule has 4 aliphatic carbocycles. The molecule has 0 radical (unpaired) electrons. The third-order valence-electron chi connectivity index (χ3n) is 27.3. The molecule has 4 amide bonds. The first kappa shape index (κ1) is 102. The second-order valence-corrected chi connectivity index (χ2v) is 36.1. The molecule has 0 spiro atoms. The van der Waals surface area contributed by atoms with Crippen molar-refractivity contribution in [3.05, 3.63) is 70.0 Å². The van der Waals surface area contributed by atoms with Gasteiger partial charge in [0.15, 0.2) is 0 Å². The highest BCUT2D eigenvalue weighted by atomic mass is 19.4. The second kappa shape index (κ2) is 53.2. The number of nitrogens with zero attached hydrogens (tertiary/aromatic N) is 3. The molecule has 2 saturated heterocycles. The van der Waals surface area contributed by atoms with E-state index in [1.165, 1.54) is 74.8 Å². The Labute approximate surface area is 723 Å². The Balaban J connectivity index is 0.511. The van der Waals surface area contributed by atoms with Crippen LogP contribution in [0, 0.1) is 89.7 Å². The van der Waals surface area contributed by atoms with Crippen LogP contribution in [0.25, 0.3) is 0 Å². The van der Waals surface area contributed by atoms with Crippen LogP contribution in [0.5, 0.6) is 0 Å². The zero-order valence-corrected chi connectivity index (χ0v) is 74.9. The fraction of sp³-hybridized carbons (Fsp3) is 0.798. The van der Waals surface area contributed by atoms with Crippen molar-refractivity contribution in [1.82, 2.24) is 14.7 Å². The molecule has 13 atom stereocenters. The first-order valence-electron chi connectivity index (χ1n) is 45.8. The number of piperidine rings is 2. The molecule has 2 aliphatic heterocycles. The quantitative estimate of drug-likeness (QED) is 0.0366. The van der Waals surface area contributed by atoms with Gasteiger partial charge in [-0.05, 0) is 197 Å². The minimum atomic E-state index is -4.55. The first-order valence-corrected chi connectivity index (χ1v) is 45.8. The molecule has 28 heteroatoms. The summed E-state index contributed by atoms with van der Waals surface area (Å²) in [5.41, 5.74) is 7.79. The van der Waals surface area contributed by atoms with Gasteiger partial charge in [0, 0.05) is 89.7 Å². The molecule has 8 rings (SSSR count). The van der Waals surface area contributed by atoms with Gasteiger partial charge in [0.25, 0.3) is 0 Å². The number of ketones is 2. The summed E-state index contributed by atoms with van der Waals surface area (Å²) in [5, 5.41) is 0. The number of likely N-dealkylation sites (tertiary alicyclic amines) is 2. The number of halogens is 4. The number of hydrogen-bond acceptors (Lipinski definition) is 20. The number of aryl methyl sites for hydroxylation is 2. The zero-order valence-electron chi connectivity index (χ0n) is 74.9. The van der Waals surface area contributed by atoms with Gasteiger partial charge in [0.05, 0.1) is 176 Å². The molecule has 4 saturated carbocycles. The Morgan fingerprint density at radius 3 is 1.60 bits per heavy atom. The predicted molar refractivity (Wildman–Crippen MR) is 453 cm³/mol. The average molecular weight is 1730 g/mol. The number of ether oxygens (including phenoxy) is 13. The lowest BCUT2D eigenvalue weighted by atomic mass is 9.44. The summed E-state index contributed by atoms with van der Waals surface area (Å²) in [7, 11) is 1.58. The summed E-state index contributed by atoms with van der Waals surface area (Å²) in [6.45, 7) is 28.1. The lowest BCUT2D eigenvalue weighted by Gasteiger charge is -2.61. The number of esters is 1. The molecular weight excluding hydrogens is 1580 g/mol. The number of carbonyl (C=O) groups is 7. The van der Waals surface area contributed by atoms with Crippen molar-refractivity contribution in [1.29, 1.82) is 0 Å². The maximum Gasteiger partial charge on any atom is 0.416 e. The fourth-order valence-electron chi connectivity index (χ4n) is 20.4. The first-order chi connectivity index (χ1) is 58.6. The molecule has 2 N–H and O–H groups in total. The summed E-state index contributed by atoms with van der Waals surface area (Å²) < 4.78 is 129. The molecule has 6 aliphatic rings. The van der Waals surface area contributed by atoms with E-state index in [9.17, 15) is 51.1 Å². The number of fused-ring (bicyclic) bond motifs is 5. The van der Waals surface area contributed by atoms with Crippen LogP contribution in [0.3, 0.4) is 0 Å². The maximum atomic E-state index is 14.4. The van der Waals surface area contributed by atoms with Crippen molar-refractivity contribution in [2.45, 2.75) is 221 Å². The van der Waals surface area contributed by atoms with E-state index in [2.05, 4.69) is 34.6 Å². The summed E-state index contributed by atoms with van der Waals surface area (Å²) in [5.74, 6) is 0.700. The lowest BCUT2D eigenvalue weighted by molar-refractivity contribution is -0.164. The van der Waals surface area contributed by atoms with Gasteiger partial charge in [0.1, 0.15) is 23.5 Å². The van der Waals surface area contributed by atoms with E-state index in [4.69, 9.17) is 67.3 Å². The van der Waals surface area contributed by atoms with Crippen LogP contribution in [0.2, 0.25) is 0 Å². The SMILES string of the molecule is Cc1cc([C@H](C)N(C)C(=O)[C@H]2CCN(C(=O)C3CCN(C(=O)CCC(=O)CCCOCCOCCOCCOCCOCCOCCOCCOCCOCCOCCOCCOCCC(=O)C[C@@H](CC(=O)O[C@H]4CC[C@@]5(C)[C@@H](CC[C@@H]6[C@@H]5CC[C@]5(C)[C@@H]([C@H](C)CCCC(C)C)CC[C@@H]65)C4)C(N)=O)CC3)C[C@@H]2c2ccc(F)cc2C)cc(C(F)(F)F)c1. The predicted octanol–water partition coefficient (Wildman–Crippen LogP) is 14.1. The van der Waals surface area contributed by atoms with Crippen molar-refractivity contribution in [2.24, 2.45) is 75.7 Å². The van der Waals surface area contributed by atoms with Crippen LogP contribution in [0.4, 0.5) is 17.6 Å². The van der Waals surface area contributed by atoms with Gasteiger partial charge in [-0.15, -0.1) is 0 Å². The van der Waals surface area contributed by atoms with Crippen molar-refractivity contribution in [2.75, 3.05) is 192 Å². The molecule has 0 bridgehead atoms. The third-order valence-corrected chi connectivity index (χ3v) is 27.3. The zero-order chi connectivity index (χ0) is 88.0. The lowest BCUT2D eigenvalue weighted by Crippen LogP contribution is -2.54. The second-order valence-electron chi connectivity index (χ2n) is 36.1. The summed E-state index contributed by atoms with van der Waals surface area (Å²) >= 11 is 0. The third kappa shape index (κ3) is 32.9. The Hall–Kier alpha value is -5.63. The average Bonchev–Trinajstić information content (AvgIpc) is 1.65. The van der Waals surface area contributed by atoms with Crippen LogP contribution in [0.15, 0.2) is 36.4 Å². The fourth-order valence-corrected chi connectivity index (χ4v) is 20.4. The molecule has 122 heavy (non-hydrogen) atoms. The maximum absolute atomic E-state index is 14.4. The minimum Gasteiger partial charge on any atom is -0.462 e. The molecule has 2 aromatic carbocycles. The van der Waals surface area contributed by atoms with E-state index in [1.54, 1.807) is 49.8 Å². The van der Waals surface area contributed by atoms with Crippen LogP contribution >= 0.6 is 0 Å². The Kier molecular flexibility index (Phi) is 44.4. The number of rotatable bonds is 59. The standard InChI is InChI=1S/C94H148F4N4O20/c1-66(2)12-10-13-68(4)84-20-21-85-82-18-15-74-64-79(23-29-92(74,7)86(82)24-30-93(84,85)8)122-88(106)63-73(89(99)107)62-78(104)28-35-111-37-39-113-41-43-115-45-47-117-49-51-119-53-55-121-57-56-120-54-52-118-50-48-116-46-44-114-42-40-112-38-36-110-34-11-14-77(103)17-22-87(105)101-31-25-71(26-32-101)90(108)102-33-27-81(83(65-102)80-19-16-76(95)60-69(80)5)91(109)100(9)70(6)72-58-67(3)59-75(61-72)94(96,97)98/h16,19,58-61,66,68,70-71,73-74,79,81-86H,10-15,17-18,20-57,62-65H2,1-9H3,(H2,99,107)/t68-,70+,73+,74+,79+,81+,82+,83-,84-,85+,86+,92+,93-/m1/s1. The highest BCUT2D eigenvalue weighted by Gasteiger charge is 2.61. The van der Waals surface area contributed by atoms with Crippen LogP contribution in [-0.2, 0) is 101 Å². The number of nitrogens with two attached hydrogens (primary N) is 1. The minimum absolute atomic E-state index is 0.0295. The van der Waals surface area contributed by atoms with Crippen molar-refractivity contribution in [3.63, 3.8) is 0 Å². The van der Waals surface area contributed by atoms with Crippen LogP contribution in [0.1, 0.15) is 223 Å². The van der Waals surface area contributed by atoms with E-state index in [-0.39, 0.29) is 105 Å². The molecule has 24 nitrogen and oxygen atoms in total. The monoisotopic (exact) mass is 1730 g/mol. The summed E-state index contributed by atoms with van der Waals surface area (Å²) in [6, 6.07) is 7.47. The number of alkyl halides is 3. The van der Waals surface area contributed by atoms with Gasteiger partial charge < -0.3 is 82.0 Å².